The molecule has 2 aliphatic heterocycles. The molecule has 2 bridgehead atoms. The topological polar surface area (TPSA) is 68.8 Å². The minimum Gasteiger partial charge on any atom is -0.490 e. The standard InChI is InChI=1S/C21H22N2O4S/c1-3-25-15-12-8-11-14-17-16(19(24)26-4-2)21(27-18(14)15,23-20(28)22-17)13-9-6-5-7-10-13/h5-12,16-17H,3-4H2,1-2H3,(H2,22,23,28)/t16-,17-,21-/m1/s1. The van der Waals surface area contributed by atoms with Crippen molar-refractivity contribution in [2.24, 2.45) is 5.92 Å². The fourth-order valence-corrected chi connectivity index (χ4v) is 4.21. The van der Waals surface area contributed by atoms with E-state index in [9.17, 15) is 4.79 Å². The second-order valence-corrected chi connectivity index (χ2v) is 7.03. The maximum atomic E-state index is 13.1. The van der Waals surface area contributed by atoms with Gasteiger partial charge in [-0.25, -0.2) is 0 Å². The van der Waals surface area contributed by atoms with E-state index in [1.807, 2.05) is 55.5 Å². The van der Waals surface area contributed by atoms with Gasteiger partial charge in [0.25, 0.3) is 0 Å². The highest BCUT2D eigenvalue weighted by Crippen LogP contribution is 2.52. The van der Waals surface area contributed by atoms with E-state index >= 15 is 0 Å². The Bertz CT molecular complexity index is 905. The first-order valence-electron chi connectivity index (χ1n) is 9.36. The van der Waals surface area contributed by atoms with Crippen LogP contribution < -0.4 is 20.1 Å². The summed E-state index contributed by atoms with van der Waals surface area (Å²) < 4.78 is 17.8. The number of nitrogens with one attached hydrogen (secondary N) is 2. The van der Waals surface area contributed by atoms with E-state index in [4.69, 9.17) is 26.4 Å². The molecule has 2 heterocycles. The number of hydrogen-bond acceptors (Lipinski definition) is 5. The van der Waals surface area contributed by atoms with Crippen LogP contribution in [0.15, 0.2) is 48.5 Å². The van der Waals surface area contributed by atoms with Crippen molar-refractivity contribution in [3.8, 4) is 11.5 Å². The molecule has 2 aliphatic rings. The van der Waals surface area contributed by atoms with Crippen LogP contribution in [0.5, 0.6) is 11.5 Å². The third-order valence-corrected chi connectivity index (χ3v) is 5.23. The molecule has 0 radical (unpaired) electrons. The van der Waals surface area contributed by atoms with Gasteiger partial charge in [0.1, 0.15) is 5.92 Å². The van der Waals surface area contributed by atoms with Crippen LogP contribution in [0.3, 0.4) is 0 Å². The number of para-hydroxylation sites is 1. The summed E-state index contributed by atoms with van der Waals surface area (Å²) in [6, 6.07) is 14.8. The van der Waals surface area contributed by atoms with Gasteiger partial charge in [-0.15, -0.1) is 0 Å². The fourth-order valence-electron chi connectivity index (χ4n) is 3.94. The Kier molecular flexibility index (Phi) is 4.85. The molecule has 0 saturated carbocycles. The van der Waals surface area contributed by atoms with Crippen molar-refractivity contribution in [3.05, 3.63) is 59.7 Å². The highest BCUT2D eigenvalue weighted by atomic mass is 32.1. The Morgan fingerprint density at radius 2 is 1.93 bits per heavy atom. The average molecular weight is 398 g/mol. The lowest BCUT2D eigenvalue weighted by molar-refractivity contribution is -0.165. The van der Waals surface area contributed by atoms with Gasteiger partial charge in [-0.05, 0) is 32.1 Å². The molecular formula is C21H22N2O4S. The van der Waals surface area contributed by atoms with Crippen LogP contribution in [-0.2, 0) is 15.3 Å². The number of rotatable bonds is 5. The maximum absolute atomic E-state index is 13.1. The zero-order valence-corrected chi connectivity index (χ0v) is 16.5. The summed E-state index contributed by atoms with van der Waals surface area (Å²) in [4.78, 5) is 13.1. The van der Waals surface area contributed by atoms with Gasteiger partial charge in [-0.1, -0.05) is 42.5 Å². The summed E-state index contributed by atoms with van der Waals surface area (Å²) in [6.07, 6.45) is 0. The zero-order valence-electron chi connectivity index (χ0n) is 15.7. The first-order valence-corrected chi connectivity index (χ1v) is 9.77. The van der Waals surface area contributed by atoms with Crippen LogP contribution in [-0.4, -0.2) is 24.3 Å². The summed E-state index contributed by atoms with van der Waals surface area (Å²) in [5.74, 6) is 0.197. The number of carbonyl (C=O) groups is 1. The summed E-state index contributed by atoms with van der Waals surface area (Å²) in [5, 5.41) is 6.88. The van der Waals surface area contributed by atoms with Crippen LogP contribution in [0.1, 0.15) is 31.0 Å². The highest BCUT2D eigenvalue weighted by Gasteiger charge is 2.59. The molecule has 0 unspecified atom stereocenters. The first-order chi connectivity index (χ1) is 13.6. The lowest BCUT2D eigenvalue weighted by atomic mass is 9.76. The smallest absolute Gasteiger partial charge is 0.317 e. The molecule has 7 heteroatoms. The number of carbonyl (C=O) groups excluding carboxylic acids is 1. The average Bonchev–Trinajstić information content (AvgIpc) is 2.69. The van der Waals surface area contributed by atoms with Crippen LogP contribution >= 0.6 is 12.2 Å². The van der Waals surface area contributed by atoms with Gasteiger partial charge in [0.2, 0.25) is 5.72 Å². The number of esters is 1. The summed E-state index contributed by atoms with van der Waals surface area (Å²) in [7, 11) is 0. The molecule has 1 fully saturated rings. The molecule has 3 atom stereocenters. The van der Waals surface area contributed by atoms with Crippen molar-refractivity contribution >= 4 is 23.3 Å². The second-order valence-electron chi connectivity index (χ2n) is 6.62. The molecule has 0 aliphatic carbocycles. The number of ether oxygens (including phenoxy) is 3. The Labute approximate surface area is 169 Å². The van der Waals surface area contributed by atoms with Gasteiger partial charge < -0.3 is 24.8 Å². The number of hydrogen-bond donors (Lipinski definition) is 2. The molecule has 1 saturated heterocycles. The molecule has 2 N–H and O–H groups in total. The monoisotopic (exact) mass is 398 g/mol. The Balaban J connectivity index is 1.95. The normalized spacial score (nSPS) is 24.9. The van der Waals surface area contributed by atoms with Crippen molar-refractivity contribution in [3.63, 3.8) is 0 Å². The molecule has 2 aromatic rings. The predicted octanol–water partition coefficient (Wildman–Crippen LogP) is 3.03. The molecule has 4 rings (SSSR count). The van der Waals surface area contributed by atoms with Gasteiger partial charge in [0, 0.05) is 11.1 Å². The molecule has 146 valence electrons. The van der Waals surface area contributed by atoms with E-state index < -0.39 is 17.7 Å². The van der Waals surface area contributed by atoms with Crippen LogP contribution in [0.4, 0.5) is 0 Å². The summed E-state index contributed by atoms with van der Waals surface area (Å²) in [5.41, 5.74) is 0.416. The van der Waals surface area contributed by atoms with E-state index in [2.05, 4.69) is 10.6 Å². The van der Waals surface area contributed by atoms with Crippen LogP contribution in [0.25, 0.3) is 0 Å². The lowest BCUT2D eigenvalue weighted by Gasteiger charge is -2.52. The minimum absolute atomic E-state index is 0.281. The van der Waals surface area contributed by atoms with Gasteiger partial charge in [-0.2, -0.15) is 0 Å². The Morgan fingerprint density at radius 1 is 1.14 bits per heavy atom. The summed E-state index contributed by atoms with van der Waals surface area (Å²) in [6.45, 7) is 4.49. The van der Waals surface area contributed by atoms with Crippen molar-refractivity contribution < 1.29 is 19.0 Å². The largest absolute Gasteiger partial charge is 0.490 e. The van der Waals surface area contributed by atoms with Gasteiger partial charge >= 0.3 is 5.97 Å². The molecule has 0 amide bonds. The maximum Gasteiger partial charge on any atom is 0.317 e. The molecular weight excluding hydrogens is 376 g/mol. The van der Waals surface area contributed by atoms with Crippen LogP contribution in [0.2, 0.25) is 0 Å². The third-order valence-electron chi connectivity index (χ3n) is 5.01. The number of fused-ring (bicyclic) bond motifs is 4. The Hall–Kier alpha value is -2.80. The number of thiocarbonyl (C=S) groups is 1. The van der Waals surface area contributed by atoms with Crippen molar-refractivity contribution in [2.45, 2.75) is 25.6 Å². The zero-order chi connectivity index (χ0) is 19.7. The fraction of sp³-hybridized carbons (Fsp3) is 0.333. The highest BCUT2D eigenvalue weighted by molar-refractivity contribution is 7.80. The second kappa shape index (κ2) is 7.31. The van der Waals surface area contributed by atoms with Crippen molar-refractivity contribution in [1.29, 1.82) is 0 Å². The summed E-state index contributed by atoms with van der Waals surface area (Å²) >= 11 is 5.46. The van der Waals surface area contributed by atoms with E-state index in [1.165, 1.54) is 0 Å². The van der Waals surface area contributed by atoms with E-state index in [0.717, 1.165) is 11.1 Å². The predicted molar refractivity (Wildman–Crippen MR) is 108 cm³/mol. The van der Waals surface area contributed by atoms with Gasteiger partial charge in [0.15, 0.2) is 16.6 Å². The lowest BCUT2D eigenvalue weighted by Crippen LogP contribution is -2.69. The molecule has 6 nitrogen and oxygen atoms in total. The van der Waals surface area contributed by atoms with Crippen molar-refractivity contribution in [1.82, 2.24) is 10.6 Å². The molecule has 0 spiro atoms. The van der Waals surface area contributed by atoms with Gasteiger partial charge in [-0.3, -0.25) is 4.79 Å². The van der Waals surface area contributed by atoms with Gasteiger partial charge in [0.05, 0.1) is 19.3 Å². The quantitative estimate of drug-likeness (QED) is 0.593. The van der Waals surface area contributed by atoms with E-state index in [0.29, 0.717) is 23.2 Å². The minimum atomic E-state index is -1.19. The van der Waals surface area contributed by atoms with Crippen LogP contribution in [0, 0.1) is 5.92 Å². The first kappa shape index (κ1) is 18.6. The molecule has 0 aromatic heterocycles. The van der Waals surface area contributed by atoms with E-state index in [1.54, 1.807) is 6.92 Å². The number of benzene rings is 2. The van der Waals surface area contributed by atoms with E-state index in [-0.39, 0.29) is 12.6 Å². The third kappa shape index (κ3) is 2.86. The SMILES string of the molecule is CCOC(=O)[C@H]1[C@@H]2NC(=S)N[C@]1(c1ccccc1)Oc1c(OCC)cccc12. The molecule has 2 aromatic carbocycles. The molecule has 28 heavy (non-hydrogen) atoms. The Morgan fingerprint density at radius 3 is 2.64 bits per heavy atom. The van der Waals surface area contributed by atoms with Crippen molar-refractivity contribution in [2.75, 3.05) is 13.2 Å².